The molecule has 1 aromatic rings. The highest BCUT2D eigenvalue weighted by molar-refractivity contribution is 6.02. The van der Waals surface area contributed by atoms with E-state index in [1.54, 1.807) is 0 Å². The van der Waals surface area contributed by atoms with Crippen molar-refractivity contribution < 1.29 is 31.5 Å². The monoisotopic (exact) mass is 309 g/mol. The predicted molar refractivity (Wildman–Crippen MR) is 64.8 cm³/mol. The molecule has 1 saturated heterocycles. The zero-order chi connectivity index (χ0) is 15.7. The number of benzene rings is 1. The predicted octanol–water partition coefficient (Wildman–Crippen LogP) is 2.90. The van der Waals surface area contributed by atoms with Crippen LogP contribution in [0.2, 0.25) is 0 Å². The maximum Gasteiger partial charge on any atom is 0.461 e. The molecule has 1 fully saturated rings. The van der Waals surface area contributed by atoms with Gasteiger partial charge >= 0.3 is 12.1 Å². The lowest BCUT2D eigenvalue weighted by Crippen LogP contribution is -2.44. The smallest absolute Gasteiger partial charge is 0.378 e. The van der Waals surface area contributed by atoms with Gasteiger partial charge in [-0.15, -0.1) is 0 Å². The third-order valence-corrected chi connectivity index (χ3v) is 3.15. The van der Waals surface area contributed by atoms with E-state index in [2.05, 4.69) is 0 Å². The SMILES string of the molecule is O=C(c1ccc(N2CCOCC2)cc1)C(F)(F)C(F)(F)F. The molecular formula is C13H12F5NO2. The summed E-state index contributed by atoms with van der Waals surface area (Å²) in [5, 5.41) is 0. The highest BCUT2D eigenvalue weighted by Crippen LogP contribution is 2.38. The number of carbonyl (C=O) groups excluding carboxylic acids is 1. The molecule has 0 radical (unpaired) electrons. The summed E-state index contributed by atoms with van der Waals surface area (Å²) in [6.45, 7) is 2.19. The van der Waals surface area contributed by atoms with Crippen LogP contribution in [0.5, 0.6) is 0 Å². The normalized spacial score (nSPS) is 16.9. The molecule has 0 aliphatic carbocycles. The Balaban J connectivity index is 2.17. The van der Waals surface area contributed by atoms with Gasteiger partial charge in [-0.25, -0.2) is 0 Å². The van der Waals surface area contributed by atoms with E-state index in [4.69, 9.17) is 4.74 Å². The first-order chi connectivity index (χ1) is 9.73. The second-order valence-electron chi connectivity index (χ2n) is 4.55. The van der Waals surface area contributed by atoms with Crippen LogP contribution in [0.25, 0.3) is 0 Å². The summed E-state index contributed by atoms with van der Waals surface area (Å²) < 4.78 is 67.5. The molecule has 1 aromatic carbocycles. The molecule has 21 heavy (non-hydrogen) atoms. The Morgan fingerprint density at radius 2 is 1.52 bits per heavy atom. The number of halogens is 5. The van der Waals surface area contributed by atoms with Crippen molar-refractivity contribution in [1.82, 2.24) is 0 Å². The molecule has 0 amide bonds. The largest absolute Gasteiger partial charge is 0.461 e. The van der Waals surface area contributed by atoms with Gasteiger partial charge in [-0.2, -0.15) is 22.0 Å². The first-order valence-electron chi connectivity index (χ1n) is 6.15. The topological polar surface area (TPSA) is 29.5 Å². The molecule has 0 N–H and O–H groups in total. The summed E-state index contributed by atoms with van der Waals surface area (Å²) in [6.07, 6.45) is -5.90. The zero-order valence-electron chi connectivity index (χ0n) is 10.8. The van der Waals surface area contributed by atoms with Gasteiger partial charge in [0.2, 0.25) is 5.78 Å². The van der Waals surface area contributed by atoms with E-state index < -0.39 is 23.4 Å². The quantitative estimate of drug-likeness (QED) is 0.635. The highest BCUT2D eigenvalue weighted by atomic mass is 19.4. The van der Waals surface area contributed by atoms with Crippen molar-refractivity contribution in [3.8, 4) is 0 Å². The van der Waals surface area contributed by atoms with Crippen LogP contribution in [-0.4, -0.2) is 44.2 Å². The molecule has 0 saturated carbocycles. The number of rotatable bonds is 3. The minimum absolute atomic E-state index is 0.507. The maximum atomic E-state index is 13.0. The van der Waals surface area contributed by atoms with Gasteiger partial charge in [0.15, 0.2) is 0 Å². The molecule has 0 unspecified atom stereocenters. The fourth-order valence-corrected chi connectivity index (χ4v) is 1.96. The molecule has 0 aromatic heterocycles. The molecule has 1 aliphatic heterocycles. The second kappa shape index (κ2) is 5.59. The van der Waals surface area contributed by atoms with E-state index in [0.29, 0.717) is 32.0 Å². The molecule has 0 bridgehead atoms. The molecule has 8 heteroatoms. The van der Waals surface area contributed by atoms with Gasteiger partial charge < -0.3 is 9.64 Å². The first kappa shape index (κ1) is 15.7. The number of carbonyl (C=O) groups is 1. The molecule has 116 valence electrons. The maximum absolute atomic E-state index is 13.0. The average Bonchev–Trinajstić information content (AvgIpc) is 2.46. The van der Waals surface area contributed by atoms with Crippen LogP contribution in [0.1, 0.15) is 10.4 Å². The van der Waals surface area contributed by atoms with Gasteiger partial charge in [-0.05, 0) is 24.3 Å². The summed E-state index contributed by atoms with van der Waals surface area (Å²) in [7, 11) is 0. The lowest BCUT2D eigenvalue weighted by molar-refractivity contribution is -0.255. The number of ether oxygens (including phenoxy) is 1. The van der Waals surface area contributed by atoms with Gasteiger partial charge in [0, 0.05) is 24.3 Å². The summed E-state index contributed by atoms with van der Waals surface area (Å²) in [5.74, 6) is -7.63. The zero-order valence-corrected chi connectivity index (χ0v) is 10.8. The first-order valence-corrected chi connectivity index (χ1v) is 6.15. The fourth-order valence-electron chi connectivity index (χ4n) is 1.96. The number of nitrogens with zero attached hydrogens (tertiary/aromatic N) is 1. The van der Waals surface area contributed by atoms with Gasteiger partial charge in [0.1, 0.15) is 0 Å². The van der Waals surface area contributed by atoms with Crippen LogP contribution in [0.3, 0.4) is 0 Å². The molecule has 1 heterocycles. The Labute approximate surface area is 117 Å². The van der Waals surface area contributed by atoms with E-state index in [-0.39, 0.29) is 0 Å². The summed E-state index contributed by atoms with van der Waals surface area (Å²) in [5.41, 5.74) is -0.0282. The van der Waals surface area contributed by atoms with Gasteiger partial charge in [0.25, 0.3) is 0 Å². The van der Waals surface area contributed by atoms with Crippen LogP contribution in [0, 0.1) is 0 Å². The summed E-state index contributed by atoms with van der Waals surface area (Å²) in [4.78, 5) is 13.2. The van der Waals surface area contributed by atoms with Crippen LogP contribution in [0.15, 0.2) is 24.3 Å². The van der Waals surface area contributed by atoms with E-state index >= 15 is 0 Å². The third-order valence-electron chi connectivity index (χ3n) is 3.15. The highest BCUT2D eigenvalue weighted by Gasteiger charge is 2.63. The summed E-state index contributed by atoms with van der Waals surface area (Å²) >= 11 is 0. The van der Waals surface area contributed by atoms with Crippen LogP contribution in [0.4, 0.5) is 27.6 Å². The molecule has 3 nitrogen and oxygen atoms in total. The Morgan fingerprint density at radius 3 is 2.00 bits per heavy atom. The van der Waals surface area contributed by atoms with E-state index in [9.17, 15) is 26.7 Å². The fraction of sp³-hybridized carbons (Fsp3) is 0.462. The Bertz CT molecular complexity index is 506. The number of alkyl halides is 5. The Kier molecular flexibility index (Phi) is 4.18. The van der Waals surface area contributed by atoms with Crippen molar-refractivity contribution in [3.63, 3.8) is 0 Å². The molecule has 0 atom stereocenters. The van der Waals surface area contributed by atoms with Crippen LogP contribution in [-0.2, 0) is 4.74 Å². The lowest BCUT2D eigenvalue weighted by Gasteiger charge is -2.29. The third kappa shape index (κ3) is 3.15. The molecular weight excluding hydrogens is 297 g/mol. The van der Waals surface area contributed by atoms with Crippen molar-refractivity contribution in [1.29, 1.82) is 0 Å². The minimum atomic E-state index is -5.90. The minimum Gasteiger partial charge on any atom is -0.378 e. The van der Waals surface area contributed by atoms with Crippen molar-refractivity contribution in [2.24, 2.45) is 0 Å². The van der Waals surface area contributed by atoms with Crippen molar-refractivity contribution in [3.05, 3.63) is 29.8 Å². The number of anilines is 1. The van der Waals surface area contributed by atoms with Gasteiger partial charge in [-0.3, -0.25) is 4.79 Å². The van der Waals surface area contributed by atoms with Crippen LogP contribution >= 0.6 is 0 Å². The van der Waals surface area contributed by atoms with E-state index in [0.717, 1.165) is 12.1 Å². The molecule has 2 rings (SSSR count). The van der Waals surface area contributed by atoms with Gasteiger partial charge in [0.05, 0.1) is 13.2 Å². The molecule has 0 spiro atoms. The Hall–Kier alpha value is -1.70. The van der Waals surface area contributed by atoms with Crippen molar-refractivity contribution in [2.45, 2.75) is 12.1 Å². The number of Topliss-reactive ketones (excluding diaryl/α,β-unsaturated/α-hetero) is 1. The number of hydrogen-bond acceptors (Lipinski definition) is 3. The second-order valence-corrected chi connectivity index (χ2v) is 4.55. The number of hydrogen-bond donors (Lipinski definition) is 0. The van der Waals surface area contributed by atoms with Crippen molar-refractivity contribution >= 4 is 11.5 Å². The van der Waals surface area contributed by atoms with E-state index in [1.165, 1.54) is 12.1 Å². The van der Waals surface area contributed by atoms with E-state index in [1.807, 2.05) is 4.90 Å². The lowest BCUT2D eigenvalue weighted by atomic mass is 10.0. The number of morpholine rings is 1. The van der Waals surface area contributed by atoms with Crippen molar-refractivity contribution in [2.75, 3.05) is 31.2 Å². The average molecular weight is 309 g/mol. The molecule has 1 aliphatic rings. The number of ketones is 1. The van der Waals surface area contributed by atoms with Gasteiger partial charge in [-0.1, -0.05) is 0 Å². The van der Waals surface area contributed by atoms with Crippen LogP contribution < -0.4 is 4.90 Å². The standard InChI is InChI=1S/C13H12F5NO2/c14-12(15,13(16,17)18)11(20)9-1-3-10(4-2-9)19-5-7-21-8-6-19/h1-4H,5-8H2. The Morgan fingerprint density at radius 1 is 1.00 bits per heavy atom. The summed E-state index contributed by atoms with van der Waals surface area (Å²) in [6, 6.07) is 4.66.